The molecular formula is C19H17NO5S. The average Bonchev–Trinajstić information content (AvgIpc) is 2.89. The molecule has 0 amide bonds. The molecular weight excluding hydrogens is 354 g/mol. The van der Waals surface area contributed by atoms with Crippen LogP contribution in [0.5, 0.6) is 5.95 Å². The van der Waals surface area contributed by atoms with Crippen molar-refractivity contribution in [1.29, 1.82) is 0 Å². The van der Waals surface area contributed by atoms with Gasteiger partial charge in [0.05, 0.1) is 23.1 Å². The Morgan fingerprint density at radius 2 is 2.00 bits per heavy atom. The van der Waals surface area contributed by atoms with Crippen LogP contribution in [-0.2, 0) is 4.74 Å². The van der Waals surface area contributed by atoms with E-state index in [1.807, 2.05) is 13.8 Å². The van der Waals surface area contributed by atoms with Gasteiger partial charge in [0.25, 0.3) is 5.95 Å². The summed E-state index contributed by atoms with van der Waals surface area (Å²) >= 11 is 1.36. The van der Waals surface area contributed by atoms with Gasteiger partial charge in [0, 0.05) is 16.5 Å². The van der Waals surface area contributed by atoms with E-state index in [2.05, 4.69) is 4.99 Å². The Bertz CT molecular complexity index is 1080. The van der Waals surface area contributed by atoms with Crippen LogP contribution in [0.1, 0.15) is 33.3 Å². The van der Waals surface area contributed by atoms with Crippen LogP contribution in [0.15, 0.2) is 38.5 Å². The molecule has 6 nitrogen and oxygen atoms in total. The summed E-state index contributed by atoms with van der Waals surface area (Å²) in [7, 11) is 0. The predicted molar refractivity (Wildman–Crippen MR) is 101 cm³/mol. The standard InChI is InChI=1S/C19H17NO5S/c1-4-24-19(23)15-10(2)11(3)26-16(15)20-9-14-12-7-5-6-8-13(12)17(21)25-18(14)22/h5-9,22H,4H2,1-3H3. The number of aromatic hydroxyl groups is 1. The van der Waals surface area contributed by atoms with Crippen molar-refractivity contribution in [1.82, 2.24) is 0 Å². The lowest BCUT2D eigenvalue weighted by Gasteiger charge is -2.04. The van der Waals surface area contributed by atoms with Gasteiger partial charge in [-0.2, -0.15) is 0 Å². The van der Waals surface area contributed by atoms with Gasteiger partial charge in [0.2, 0.25) is 0 Å². The van der Waals surface area contributed by atoms with Crippen molar-refractivity contribution in [3.05, 3.63) is 56.3 Å². The molecule has 0 radical (unpaired) electrons. The van der Waals surface area contributed by atoms with Gasteiger partial charge in [-0.3, -0.25) is 0 Å². The smallest absolute Gasteiger partial charge is 0.346 e. The number of aliphatic imine (C=N–C) groups is 1. The van der Waals surface area contributed by atoms with Gasteiger partial charge in [0.15, 0.2) is 0 Å². The van der Waals surface area contributed by atoms with Crippen molar-refractivity contribution in [3.8, 4) is 5.95 Å². The van der Waals surface area contributed by atoms with Crippen LogP contribution in [0.25, 0.3) is 10.8 Å². The van der Waals surface area contributed by atoms with Crippen LogP contribution >= 0.6 is 11.3 Å². The maximum atomic E-state index is 12.2. The van der Waals surface area contributed by atoms with Crippen molar-refractivity contribution in [2.45, 2.75) is 20.8 Å². The SMILES string of the molecule is CCOC(=O)c1c(N=Cc2c(O)oc(=O)c3ccccc23)sc(C)c1C. The van der Waals surface area contributed by atoms with Crippen LogP contribution in [-0.4, -0.2) is 23.9 Å². The third-order valence-corrected chi connectivity index (χ3v) is 5.13. The zero-order valence-corrected chi connectivity index (χ0v) is 15.3. The number of nitrogens with zero attached hydrogens (tertiary/aromatic N) is 1. The first kappa shape index (κ1) is 17.9. The fourth-order valence-electron chi connectivity index (χ4n) is 2.60. The van der Waals surface area contributed by atoms with Crippen LogP contribution in [0, 0.1) is 13.8 Å². The maximum absolute atomic E-state index is 12.2. The largest absolute Gasteiger partial charge is 0.480 e. The molecule has 3 aromatic rings. The van der Waals surface area contributed by atoms with Crippen LogP contribution < -0.4 is 5.63 Å². The van der Waals surface area contributed by atoms with E-state index in [-0.39, 0.29) is 12.2 Å². The van der Waals surface area contributed by atoms with Crippen LogP contribution in [0.4, 0.5) is 5.00 Å². The number of hydrogen-bond donors (Lipinski definition) is 1. The van der Waals surface area contributed by atoms with Gasteiger partial charge < -0.3 is 14.3 Å². The van der Waals surface area contributed by atoms with Gasteiger partial charge in [-0.25, -0.2) is 14.6 Å². The predicted octanol–water partition coefficient (Wildman–Crippen LogP) is 4.10. The quantitative estimate of drug-likeness (QED) is 0.551. The molecule has 0 saturated heterocycles. The Morgan fingerprint density at radius 3 is 2.69 bits per heavy atom. The van der Waals surface area contributed by atoms with Crippen molar-refractivity contribution in [2.75, 3.05) is 6.61 Å². The van der Waals surface area contributed by atoms with E-state index >= 15 is 0 Å². The molecule has 0 fully saturated rings. The average molecular weight is 371 g/mol. The van der Waals surface area contributed by atoms with Gasteiger partial charge in [-0.1, -0.05) is 18.2 Å². The lowest BCUT2D eigenvalue weighted by atomic mass is 10.1. The second-order valence-corrected chi connectivity index (χ2v) is 6.80. The molecule has 7 heteroatoms. The van der Waals surface area contributed by atoms with E-state index < -0.39 is 17.5 Å². The number of ether oxygens (including phenoxy) is 1. The summed E-state index contributed by atoms with van der Waals surface area (Å²) in [5, 5.41) is 11.4. The molecule has 26 heavy (non-hydrogen) atoms. The first-order chi connectivity index (χ1) is 12.4. The Hall–Kier alpha value is -2.93. The second kappa shape index (κ2) is 7.13. The second-order valence-electron chi connectivity index (χ2n) is 5.60. The third-order valence-electron chi connectivity index (χ3n) is 4.01. The maximum Gasteiger partial charge on any atom is 0.346 e. The Balaban J connectivity index is 2.13. The van der Waals surface area contributed by atoms with Gasteiger partial charge in [-0.15, -0.1) is 11.3 Å². The fraction of sp³-hybridized carbons (Fsp3) is 0.211. The van der Waals surface area contributed by atoms with E-state index in [1.54, 1.807) is 31.2 Å². The first-order valence-corrected chi connectivity index (χ1v) is 8.81. The number of rotatable bonds is 4. The molecule has 0 bridgehead atoms. The minimum atomic E-state index is -0.620. The third kappa shape index (κ3) is 3.13. The summed E-state index contributed by atoms with van der Waals surface area (Å²) in [6.07, 6.45) is 1.40. The summed E-state index contributed by atoms with van der Waals surface area (Å²) in [6.45, 7) is 5.75. The zero-order chi connectivity index (χ0) is 18.8. The van der Waals surface area contributed by atoms with Crippen LogP contribution in [0.3, 0.4) is 0 Å². The Labute approximate surface area is 153 Å². The van der Waals surface area contributed by atoms with Gasteiger partial charge in [-0.05, 0) is 32.4 Å². The summed E-state index contributed by atoms with van der Waals surface area (Å²) in [6, 6.07) is 6.77. The van der Waals surface area contributed by atoms with E-state index in [0.717, 1.165) is 10.4 Å². The number of esters is 1. The number of thiophene rings is 1. The molecule has 3 rings (SSSR count). The van der Waals surface area contributed by atoms with Crippen molar-refractivity contribution in [3.63, 3.8) is 0 Å². The molecule has 0 unspecified atom stereocenters. The van der Waals surface area contributed by atoms with E-state index in [4.69, 9.17) is 9.15 Å². The Kier molecular flexibility index (Phi) is 4.90. The first-order valence-electron chi connectivity index (χ1n) is 8.00. The number of fused-ring (bicyclic) bond motifs is 1. The minimum Gasteiger partial charge on any atom is -0.480 e. The summed E-state index contributed by atoms with van der Waals surface area (Å²) in [5.74, 6) is -0.949. The normalized spacial score (nSPS) is 11.3. The molecule has 134 valence electrons. The number of benzene rings is 1. The monoisotopic (exact) mass is 371 g/mol. The lowest BCUT2D eigenvalue weighted by Crippen LogP contribution is -2.05. The molecule has 2 aromatic heterocycles. The highest BCUT2D eigenvalue weighted by Crippen LogP contribution is 2.35. The van der Waals surface area contributed by atoms with Crippen LogP contribution in [0.2, 0.25) is 0 Å². The molecule has 0 saturated carbocycles. The number of carbonyl (C=O) groups excluding carboxylic acids is 1. The van der Waals surface area contributed by atoms with E-state index in [0.29, 0.717) is 21.3 Å². The number of aryl methyl sites for hydroxylation is 1. The lowest BCUT2D eigenvalue weighted by molar-refractivity contribution is 0.0527. The highest BCUT2D eigenvalue weighted by Gasteiger charge is 2.20. The van der Waals surface area contributed by atoms with E-state index in [1.165, 1.54) is 17.6 Å². The van der Waals surface area contributed by atoms with Gasteiger partial charge >= 0.3 is 11.6 Å². The summed E-state index contributed by atoms with van der Waals surface area (Å²) in [4.78, 5) is 29.4. The van der Waals surface area contributed by atoms with Crippen molar-refractivity contribution in [2.24, 2.45) is 4.99 Å². The molecule has 0 aliphatic heterocycles. The van der Waals surface area contributed by atoms with Crippen molar-refractivity contribution < 1.29 is 19.1 Å². The molecule has 0 aliphatic rings. The highest BCUT2D eigenvalue weighted by molar-refractivity contribution is 7.16. The molecule has 0 spiro atoms. The molecule has 1 aromatic carbocycles. The number of carbonyl (C=O) groups is 1. The minimum absolute atomic E-state index is 0.269. The summed E-state index contributed by atoms with van der Waals surface area (Å²) < 4.78 is 9.98. The fourth-order valence-corrected chi connectivity index (χ4v) is 3.59. The molecule has 1 N–H and O–H groups in total. The Morgan fingerprint density at radius 1 is 1.31 bits per heavy atom. The van der Waals surface area contributed by atoms with Gasteiger partial charge in [0.1, 0.15) is 5.00 Å². The van der Waals surface area contributed by atoms with E-state index in [9.17, 15) is 14.7 Å². The molecule has 0 atom stereocenters. The van der Waals surface area contributed by atoms with Crippen molar-refractivity contribution >= 4 is 39.3 Å². The summed E-state index contributed by atoms with van der Waals surface area (Å²) in [5.41, 5.74) is 0.880. The zero-order valence-electron chi connectivity index (χ0n) is 14.5. The molecule has 2 heterocycles. The topological polar surface area (TPSA) is 89.1 Å². The number of hydrogen-bond acceptors (Lipinski definition) is 7. The highest BCUT2D eigenvalue weighted by atomic mass is 32.1. The molecule has 0 aliphatic carbocycles.